The Bertz CT molecular complexity index is 1310. The number of nitrogens with zero attached hydrogens (tertiary/aromatic N) is 4. The second kappa shape index (κ2) is 44.5. The minimum absolute atomic E-state index is 0.000147. The lowest BCUT2D eigenvalue weighted by atomic mass is 10.1. The molecule has 1 aliphatic rings. The zero-order chi connectivity index (χ0) is 53.0. The van der Waals surface area contributed by atoms with Gasteiger partial charge < -0.3 is 43.0 Å². The maximum atomic E-state index is 13.7. The van der Waals surface area contributed by atoms with E-state index in [1.807, 2.05) is 19.0 Å². The van der Waals surface area contributed by atoms with Gasteiger partial charge in [-0.05, 0) is 39.8 Å². The van der Waals surface area contributed by atoms with Crippen LogP contribution < -0.4 is 0 Å². The second-order valence-corrected chi connectivity index (χ2v) is 19.5. The summed E-state index contributed by atoms with van der Waals surface area (Å²) in [4.78, 5) is 98.4. The van der Waals surface area contributed by atoms with E-state index in [4.69, 9.17) is 33.2 Å². The highest BCUT2D eigenvalue weighted by molar-refractivity contribution is 5.79. The third kappa shape index (κ3) is 37.7. The fourth-order valence-corrected chi connectivity index (χ4v) is 8.07. The first-order chi connectivity index (χ1) is 34.8. The van der Waals surface area contributed by atoms with Crippen molar-refractivity contribution in [3.8, 4) is 0 Å². The van der Waals surface area contributed by atoms with Crippen molar-refractivity contribution in [1.29, 1.82) is 0 Å². The monoisotopic (exact) mass is 1030 g/mol. The molecule has 418 valence electrons. The van der Waals surface area contributed by atoms with Crippen molar-refractivity contribution in [2.75, 3.05) is 106 Å². The van der Waals surface area contributed by atoms with Gasteiger partial charge >= 0.3 is 41.9 Å². The number of likely N-dealkylation sites (N-methyl/N-ethyl adjacent to an activating group) is 1. The number of hydrogen-bond donors (Lipinski definition) is 0. The van der Waals surface area contributed by atoms with E-state index in [-0.39, 0.29) is 78.7 Å². The van der Waals surface area contributed by atoms with Crippen molar-refractivity contribution in [1.82, 2.24) is 19.6 Å². The number of piperidine rings is 1. The Hall–Kier alpha value is -4.03. The third-order valence-electron chi connectivity index (χ3n) is 12.2. The highest BCUT2D eigenvalue weighted by atomic mass is 16.6. The van der Waals surface area contributed by atoms with E-state index in [2.05, 4.69) is 27.7 Å². The lowest BCUT2D eigenvalue weighted by molar-refractivity contribution is -0.163. The van der Waals surface area contributed by atoms with Gasteiger partial charge in [0.15, 0.2) is 0 Å². The van der Waals surface area contributed by atoms with Crippen LogP contribution in [0.1, 0.15) is 188 Å². The smallest absolute Gasteiger partial charge is 0.410 e. The fourth-order valence-electron chi connectivity index (χ4n) is 8.07. The van der Waals surface area contributed by atoms with Crippen LogP contribution in [0.4, 0.5) is 4.79 Å². The Morgan fingerprint density at radius 3 is 0.944 bits per heavy atom. The summed E-state index contributed by atoms with van der Waals surface area (Å²) in [5.74, 6) is -3.95. The molecule has 1 amide bonds. The molecule has 1 aliphatic heterocycles. The van der Waals surface area contributed by atoms with Crippen molar-refractivity contribution in [3.05, 3.63) is 0 Å². The molecule has 18 nitrogen and oxygen atoms in total. The van der Waals surface area contributed by atoms with Gasteiger partial charge in [-0.2, -0.15) is 0 Å². The van der Waals surface area contributed by atoms with Crippen LogP contribution in [0.5, 0.6) is 0 Å². The molecule has 0 spiro atoms. The number of likely N-dealkylation sites (tertiary alicyclic amines) is 1. The Balaban J connectivity index is 3.12. The molecule has 0 aromatic heterocycles. The van der Waals surface area contributed by atoms with E-state index in [9.17, 15) is 33.6 Å². The van der Waals surface area contributed by atoms with Crippen LogP contribution in [-0.4, -0.2) is 180 Å². The first-order valence-corrected chi connectivity index (χ1v) is 27.8. The summed E-state index contributed by atoms with van der Waals surface area (Å²) in [7, 11) is 3.67. The minimum Gasteiger partial charge on any atom is -0.465 e. The normalized spacial score (nSPS) is 14.6. The van der Waals surface area contributed by atoms with E-state index in [0.29, 0.717) is 32.2 Å². The number of carbonyl (C=O) groups is 7. The zero-order valence-corrected chi connectivity index (χ0v) is 45.7. The number of ether oxygens (including phenoxy) is 7. The van der Waals surface area contributed by atoms with E-state index in [0.717, 1.165) is 128 Å². The van der Waals surface area contributed by atoms with Crippen molar-refractivity contribution in [3.63, 3.8) is 0 Å². The predicted molar refractivity (Wildman–Crippen MR) is 276 cm³/mol. The maximum absolute atomic E-state index is 13.7. The predicted octanol–water partition coefficient (Wildman–Crippen LogP) is 8.43. The third-order valence-corrected chi connectivity index (χ3v) is 12.2. The number of rotatable bonds is 45. The summed E-state index contributed by atoms with van der Waals surface area (Å²) in [5.41, 5.74) is 0. The SMILES string of the molecule is CCCCCCCCOC(=O)CN(CC(=O)OCCCCCCCC)CC(=O)O[C@@H]1C[C@H](OC(=O)CN(CC(=O)OCCCCCCCC)CC(=O)OCCCCCCCC)CN(C(=O)OCCN(C)C)C1. The molecule has 0 bridgehead atoms. The second-order valence-electron chi connectivity index (χ2n) is 19.5. The van der Waals surface area contributed by atoms with Gasteiger partial charge in [-0.15, -0.1) is 0 Å². The van der Waals surface area contributed by atoms with Crippen molar-refractivity contribution >= 4 is 41.9 Å². The molecule has 18 heteroatoms. The molecule has 0 aromatic carbocycles. The van der Waals surface area contributed by atoms with Crippen LogP contribution in [0.2, 0.25) is 0 Å². The van der Waals surface area contributed by atoms with Gasteiger partial charge in [-0.25, -0.2) is 4.79 Å². The highest BCUT2D eigenvalue weighted by Crippen LogP contribution is 2.19. The quantitative estimate of drug-likeness (QED) is 0.0320. The minimum atomic E-state index is -0.975. The molecule has 1 saturated heterocycles. The van der Waals surface area contributed by atoms with Crippen LogP contribution in [0.3, 0.4) is 0 Å². The van der Waals surface area contributed by atoms with Crippen molar-refractivity contribution in [2.24, 2.45) is 0 Å². The van der Waals surface area contributed by atoms with Crippen molar-refractivity contribution in [2.45, 2.75) is 200 Å². The first kappa shape index (κ1) is 66.0. The standard InChI is InChI=1S/C54H98N4O14/c1-7-11-15-19-23-27-32-66-48(59)40-56(41-49(60)67-33-28-24-20-16-12-8-2)44-52(63)71-46-37-47(39-58(38-46)54(65)70-36-31-55(5)6)72-53(64)45-57(42-50(61)68-34-29-25-21-17-13-9-3)43-51(62)69-35-30-26-22-18-14-10-4/h46-47H,7-45H2,1-6H3/t46-,47+. The zero-order valence-electron chi connectivity index (χ0n) is 45.7. The number of amides is 1. The molecule has 0 unspecified atom stereocenters. The topological polar surface area (TPSA) is 197 Å². The summed E-state index contributed by atoms with van der Waals surface area (Å²) >= 11 is 0. The van der Waals surface area contributed by atoms with Crippen LogP contribution >= 0.6 is 0 Å². The van der Waals surface area contributed by atoms with E-state index < -0.39 is 67.2 Å². The van der Waals surface area contributed by atoms with Crippen LogP contribution in [0.15, 0.2) is 0 Å². The summed E-state index contributed by atoms with van der Waals surface area (Å²) in [6.07, 6.45) is 21.6. The molecule has 0 radical (unpaired) electrons. The van der Waals surface area contributed by atoms with E-state index in [1.54, 1.807) is 0 Å². The number of unbranched alkanes of at least 4 members (excludes halogenated alkanes) is 20. The van der Waals surface area contributed by atoms with E-state index >= 15 is 0 Å². The average Bonchev–Trinajstić information content (AvgIpc) is 3.32. The van der Waals surface area contributed by atoms with Crippen LogP contribution in [-0.2, 0) is 61.9 Å². The molecule has 1 fully saturated rings. The van der Waals surface area contributed by atoms with Gasteiger partial charge in [0.05, 0.1) is 78.8 Å². The van der Waals surface area contributed by atoms with Crippen molar-refractivity contribution < 1.29 is 66.7 Å². The molecule has 0 aromatic rings. The fraction of sp³-hybridized carbons (Fsp3) is 0.870. The van der Waals surface area contributed by atoms with Gasteiger partial charge in [0.2, 0.25) is 0 Å². The molecule has 0 saturated carbocycles. The number of hydrogen-bond acceptors (Lipinski definition) is 17. The Morgan fingerprint density at radius 2 is 0.653 bits per heavy atom. The highest BCUT2D eigenvalue weighted by Gasteiger charge is 2.36. The van der Waals surface area contributed by atoms with Gasteiger partial charge in [0.25, 0.3) is 0 Å². The molecular formula is C54H98N4O14. The molecule has 0 aliphatic carbocycles. The van der Waals surface area contributed by atoms with Gasteiger partial charge in [-0.3, -0.25) is 38.6 Å². The first-order valence-electron chi connectivity index (χ1n) is 27.8. The molecular weight excluding hydrogens is 929 g/mol. The molecule has 2 atom stereocenters. The summed E-state index contributed by atoms with van der Waals surface area (Å²) < 4.78 is 39.1. The van der Waals surface area contributed by atoms with Gasteiger partial charge in [-0.1, -0.05) is 156 Å². The van der Waals surface area contributed by atoms with Crippen LogP contribution in [0, 0.1) is 0 Å². The largest absolute Gasteiger partial charge is 0.465 e. The lowest BCUT2D eigenvalue weighted by Gasteiger charge is -2.36. The molecule has 72 heavy (non-hydrogen) atoms. The summed E-state index contributed by atoms with van der Waals surface area (Å²) in [6, 6.07) is 0. The maximum Gasteiger partial charge on any atom is 0.410 e. The summed E-state index contributed by atoms with van der Waals surface area (Å²) in [5, 5.41) is 0. The Labute approximate surface area is 433 Å². The Morgan fingerprint density at radius 1 is 0.375 bits per heavy atom. The number of carbonyl (C=O) groups excluding carboxylic acids is 7. The number of esters is 6. The lowest BCUT2D eigenvalue weighted by Crippen LogP contribution is -2.52. The van der Waals surface area contributed by atoms with E-state index in [1.165, 1.54) is 14.7 Å². The molecule has 1 heterocycles. The van der Waals surface area contributed by atoms with Crippen LogP contribution in [0.25, 0.3) is 0 Å². The average molecular weight is 1030 g/mol. The Kier molecular flexibility index (Phi) is 40.7. The van der Waals surface area contributed by atoms with Gasteiger partial charge in [0.1, 0.15) is 18.8 Å². The molecule has 1 rings (SSSR count). The molecule has 0 N–H and O–H groups in total. The summed E-state index contributed by atoms with van der Waals surface area (Å²) in [6.45, 7) is 7.47. The van der Waals surface area contributed by atoms with Gasteiger partial charge in [0, 0.05) is 13.0 Å².